The predicted molar refractivity (Wildman–Crippen MR) is 156 cm³/mol. The van der Waals surface area contributed by atoms with Crippen molar-refractivity contribution >= 4 is 56.9 Å². The second-order valence-corrected chi connectivity index (χ2v) is 9.04. The van der Waals surface area contributed by atoms with Crippen molar-refractivity contribution in [3.8, 4) is 0 Å². The van der Waals surface area contributed by atoms with Crippen molar-refractivity contribution in [1.29, 1.82) is 0 Å². The molecule has 0 aliphatic carbocycles. The molecule has 1 fully saturated rings. The quantitative estimate of drug-likeness (QED) is 0.181. The maximum Gasteiger partial charge on any atom is 0.109 e. The smallest absolute Gasteiger partial charge is 0.109 e. The van der Waals surface area contributed by atoms with Crippen LogP contribution in [0.5, 0.6) is 0 Å². The normalized spacial score (nSPS) is 14.0. The van der Waals surface area contributed by atoms with Gasteiger partial charge in [0.05, 0.1) is 22.7 Å². The van der Waals surface area contributed by atoms with Gasteiger partial charge in [0.2, 0.25) is 0 Å². The average molecular weight is 507 g/mol. The lowest BCUT2D eigenvalue weighted by Gasteiger charge is -2.37. The van der Waals surface area contributed by atoms with E-state index in [2.05, 4.69) is 54.5 Å². The molecule has 1 saturated heterocycles. The highest BCUT2D eigenvalue weighted by Gasteiger charge is 2.17. The van der Waals surface area contributed by atoms with Crippen molar-refractivity contribution in [3.05, 3.63) is 84.9 Å². The molecule has 1 heterocycles. The fourth-order valence-electron chi connectivity index (χ4n) is 4.23. The monoisotopic (exact) mass is 506 g/mol. The van der Waals surface area contributed by atoms with Gasteiger partial charge >= 0.3 is 0 Å². The third-order valence-electron chi connectivity index (χ3n) is 6.36. The van der Waals surface area contributed by atoms with Crippen LogP contribution in [0.3, 0.4) is 0 Å². The van der Waals surface area contributed by atoms with Gasteiger partial charge in [-0.3, -0.25) is 0 Å². The first kappa shape index (κ1) is 24.6. The highest BCUT2D eigenvalue weighted by atomic mass is 15.3. The van der Waals surface area contributed by atoms with E-state index in [1.54, 1.807) is 36.4 Å². The van der Waals surface area contributed by atoms with Crippen molar-refractivity contribution in [2.75, 3.05) is 58.9 Å². The van der Waals surface area contributed by atoms with Crippen LogP contribution in [0.1, 0.15) is 0 Å². The second-order valence-electron chi connectivity index (χ2n) is 9.04. The fourth-order valence-corrected chi connectivity index (χ4v) is 4.23. The Morgan fingerprint density at radius 1 is 0.447 bits per heavy atom. The Morgan fingerprint density at radius 2 is 0.816 bits per heavy atom. The van der Waals surface area contributed by atoms with Gasteiger partial charge in [0.15, 0.2) is 0 Å². The molecule has 5 rings (SSSR count). The summed E-state index contributed by atoms with van der Waals surface area (Å²) >= 11 is 0. The molecule has 10 heteroatoms. The van der Waals surface area contributed by atoms with Crippen molar-refractivity contribution in [2.45, 2.75) is 0 Å². The molecule has 38 heavy (non-hydrogen) atoms. The largest absolute Gasteiger partial charge is 0.399 e. The number of anilines is 6. The Labute approximate surface area is 221 Å². The van der Waals surface area contributed by atoms with E-state index in [1.165, 1.54) is 0 Å². The summed E-state index contributed by atoms with van der Waals surface area (Å²) in [6, 6.07) is 26.5. The predicted octanol–water partition coefficient (Wildman–Crippen LogP) is 6.17. The number of azo groups is 2. The summed E-state index contributed by atoms with van der Waals surface area (Å²) in [5, 5.41) is 17.1. The summed E-state index contributed by atoms with van der Waals surface area (Å²) in [4.78, 5) is 4.74. The minimum Gasteiger partial charge on any atom is -0.399 e. The lowest BCUT2D eigenvalue weighted by Crippen LogP contribution is -2.46. The lowest BCUT2D eigenvalue weighted by atomic mass is 10.2. The number of hydrogen-bond acceptors (Lipinski definition) is 10. The van der Waals surface area contributed by atoms with Crippen LogP contribution in [-0.2, 0) is 0 Å². The molecular formula is C28H30N10. The Hall–Kier alpha value is -5.12. The Kier molecular flexibility index (Phi) is 7.03. The van der Waals surface area contributed by atoms with Gasteiger partial charge in [-0.2, -0.15) is 10.2 Å². The number of nitrogens with zero attached hydrogens (tertiary/aromatic N) is 6. The van der Waals surface area contributed by atoms with E-state index in [0.717, 1.165) is 48.9 Å². The summed E-state index contributed by atoms with van der Waals surface area (Å²) in [7, 11) is 0. The van der Waals surface area contributed by atoms with Crippen LogP contribution in [-0.4, -0.2) is 26.2 Å². The lowest BCUT2D eigenvalue weighted by molar-refractivity contribution is 0.653. The van der Waals surface area contributed by atoms with E-state index in [-0.39, 0.29) is 0 Å². The number of piperazine rings is 1. The van der Waals surface area contributed by atoms with Crippen molar-refractivity contribution in [2.24, 2.45) is 20.5 Å². The molecule has 4 aromatic carbocycles. The number of hydrogen-bond donors (Lipinski definition) is 4. The van der Waals surface area contributed by atoms with Crippen LogP contribution in [0.25, 0.3) is 0 Å². The zero-order chi connectivity index (χ0) is 26.5. The molecule has 8 N–H and O–H groups in total. The zero-order valence-corrected chi connectivity index (χ0v) is 20.9. The van der Waals surface area contributed by atoms with Crippen molar-refractivity contribution in [1.82, 2.24) is 0 Å². The molecule has 0 unspecified atom stereocenters. The van der Waals surface area contributed by atoms with Gasteiger partial charge in [-0.05, 0) is 84.9 Å². The first-order valence-corrected chi connectivity index (χ1v) is 12.3. The molecule has 10 nitrogen and oxygen atoms in total. The fraction of sp³-hybridized carbons (Fsp3) is 0.143. The van der Waals surface area contributed by atoms with Crippen LogP contribution in [0.4, 0.5) is 56.9 Å². The number of rotatable bonds is 6. The SMILES string of the molecule is Nc1ccc(/N=N/c2ccc(N3CCN(c4ccc(/N=N/c5ccc(N)cc5N)cc4)CC3)cc2)c(N)c1. The van der Waals surface area contributed by atoms with Gasteiger partial charge < -0.3 is 32.7 Å². The molecular weight excluding hydrogens is 476 g/mol. The van der Waals surface area contributed by atoms with Crippen LogP contribution in [0, 0.1) is 0 Å². The van der Waals surface area contributed by atoms with E-state index in [1.807, 2.05) is 24.3 Å². The standard InChI is InChI=1S/C28H30N10/c29-19-1-11-27(25(31)17-19)35-33-21-3-7-23(8-4-21)37-13-15-38(16-14-37)24-9-5-22(6-10-24)34-36-28-12-2-20(30)18-26(28)32/h1-12,17-18H,13-16,29-32H2/b35-33+,36-34+. The molecule has 0 atom stereocenters. The van der Waals surface area contributed by atoms with Gasteiger partial charge in [0.1, 0.15) is 11.4 Å². The molecule has 0 amide bonds. The highest BCUT2D eigenvalue weighted by molar-refractivity contribution is 5.68. The summed E-state index contributed by atoms with van der Waals surface area (Å²) < 4.78 is 0. The van der Waals surface area contributed by atoms with Gasteiger partial charge in [-0.25, -0.2) is 0 Å². The molecule has 0 aromatic heterocycles. The summed E-state index contributed by atoms with van der Waals surface area (Å²) in [6.07, 6.45) is 0. The average Bonchev–Trinajstić information content (AvgIpc) is 2.93. The molecule has 0 saturated carbocycles. The van der Waals surface area contributed by atoms with Crippen molar-refractivity contribution in [3.63, 3.8) is 0 Å². The number of benzene rings is 4. The highest BCUT2D eigenvalue weighted by Crippen LogP contribution is 2.29. The molecule has 0 radical (unpaired) electrons. The first-order valence-electron chi connectivity index (χ1n) is 12.3. The third kappa shape index (κ3) is 5.81. The number of nitrogen functional groups attached to an aromatic ring is 4. The summed E-state index contributed by atoms with van der Waals surface area (Å²) in [5.41, 5.74) is 30.6. The van der Waals surface area contributed by atoms with E-state index in [4.69, 9.17) is 22.9 Å². The van der Waals surface area contributed by atoms with Gasteiger partial charge in [-0.15, -0.1) is 10.2 Å². The van der Waals surface area contributed by atoms with Crippen LogP contribution >= 0.6 is 0 Å². The van der Waals surface area contributed by atoms with Crippen molar-refractivity contribution < 1.29 is 0 Å². The Morgan fingerprint density at radius 3 is 1.16 bits per heavy atom. The van der Waals surface area contributed by atoms with E-state index >= 15 is 0 Å². The molecule has 1 aliphatic rings. The summed E-state index contributed by atoms with van der Waals surface area (Å²) in [5.74, 6) is 0. The molecule has 4 aromatic rings. The Bertz CT molecular complexity index is 1340. The second kappa shape index (κ2) is 10.9. The molecule has 1 aliphatic heterocycles. The van der Waals surface area contributed by atoms with Crippen LogP contribution in [0.2, 0.25) is 0 Å². The van der Waals surface area contributed by atoms with Gasteiger partial charge in [0, 0.05) is 48.9 Å². The molecule has 0 bridgehead atoms. The first-order chi connectivity index (χ1) is 18.4. The maximum atomic E-state index is 5.95. The van der Waals surface area contributed by atoms with Crippen LogP contribution < -0.4 is 32.7 Å². The minimum absolute atomic E-state index is 0.505. The van der Waals surface area contributed by atoms with Crippen LogP contribution in [0.15, 0.2) is 105 Å². The summed E-state index contributed by atoms with van der Waals surface area (Å²) in [6.45, 7) is 3.67. The van der Waals surface area contributed by atoms with E-state index < -0.39 is 0 Å². The Balaban J connectivity index is 1.15. The van der Waals surface area contributed by atoms with Gasteiger partial charge in [-0.1, -0.05) is 0 Å². The van der Waals surface area contributed by atoms with E-state index in [9.17, 15) is 0 Å². The van der Waals surface area contributed by atoms with Gasteiger partial charge in [0.25, 0.3) is 0 Å². The molecule has 0 spiro atoms. The minimum atomic E-state index is 0.505. The maximum absolute atomic E-state index is 5.95. The topological polar surface area (TPSA) is 160 Å². The van der Waals surface area contributed by atoms with E-state index in [0.29, 0.717) is 34.1 Å². The number of nitrogens with two attached hydrogens (primary N) is 4. The third-order valence-corrected chi connectivity index (χ3v) is 6.36. The molecule has 192 valence electrons. The zero-order valence-electron chi connectivity index (χ0n) is 20.9.